The van der Waals surface area contributed by atoms with Crippen LogP contribution in [0.15, 0.2) is 0 Å². The molecule has 1 unspecified atom stereocenters. The molecule has 0 aromatic carbocycles. The predicted molar refractivity (Wildman–Crippen MR) is 59.5 cm³/mol. The van der Waals surface area contributed by atoms with Gasteiger partial charge in [-0.1, -0.05) is 6.92 Å². The third-order valence-corrected chi connectivity index (χ3v) is 3.59. The molecular weight excluding hydrogens is 198 g/mol. The van der Waals surface area contributed by atoms with Gasteiger partial charge in [0.25, 0.3) is 0 Å². The van der Waals surface area contributed by atoms with Gasteiger partial charge in [-0.25, -0.2) is 0 Å². The summed E-state index contributed by atoms with van der Waals surface area (Å²) in [5.41, 5.74) is 0. The molecule has 1 fully saturated rings. The van der Waals surface area contributed by atoms with Gasteiger partial charge in [0.15, 0.2) is 0 Å². The summed E-state index contributed by atoms with van der Waals surface area (Å²) in [4.78, 5) is 11.1. The Balaban J connectivity index is 2.15. The fourth-order valence-corrected chi connectivity index (χ4v) is 2.64. The van der Waals surface area contributed by atoms with Crippen LogP contribution in [0.25, 0.3) is 0 Å². The lowest BCUT2D eigenvalue weighted by atomic mass is 10.1. The van der Waals surface area contributed by atoms with Crippen molar-refractivity contribution >= 4 is 17.7 Å². The normalized spacial score (nSPS) is 20.4. The first-order chi connectivity index (χ1) is 6.74. The molecular formula is C10H19NO2S. The first kappa shape index (κ1) is 11.9. The molecule has 0 amide bonds. The van der Waals surface area contributed by atoms with Crippen molar-refractivity contribution in [1.82, 2.24) is 5.32 Å². The maximum Gasteiger partial charge on any atom is 0.309 e. The first-order valence-corrected chi connectivity index (χ1v) is 6.28. The quantitative estimate of drug-likeness (QED) is 0.720. The minimum Gasteiger partial charge on any atom is -0.469 e. The Labute approximate surface area is 90.0 Å². The summed E-state index contributed by atoms with van der Waals surface area (Å²) < 4.78 is 4.67. The summed E-state index contributed by atoms with van der Waals surface area (Å²) in [6.07, 6.45) is 2.44. The Bertz CT molecular complexity index is 181. The molecule has 0 spiro atoms. The van der Waals surface area contributed by atoms with E-state index in [1.807, 2.05) is 18.7 Å². The van der Waals surface area contributed by atoms with Crippen molar-refractivity contribution in [2.45, 2.75) is 25.8 Å². The number of ether oxygens (including phenoxy) is 1. The number of hydrogen-bond donors (Lipinski definition) is 1. The van der Waals surface area contributed by atoms with Crippen molar-refractivity contribution in [3.05, 3.63) is 0 Å². The molecule has 1 N–H and O–H groups in total. The van der Waals surface area contributed by atoms with Crippen LogP contribution in [-0.2, 0) is 9.53 Å². The summed E-state index contributed by atoms with van der Waals surface area (Å²) in [5, 5.41) is 3.42. The second-order valence-electron chi connectivity index (χ2n) is 3.72. The summed E-state index contributed by atoms with van der Waals surface area (Å²) in [5.74, 6) is 2.33. The van der Waals surface area contributed by atoms with E-state index in [9.17, 15) is 4.79 Å². The van der Waals surface area contributed by atoms with Crippen LogP contribution < -0.4 is 5.32 Å². The SMILES string of the molecule is COC(=O)C(C)CNC1CCSCC1. The zero-order valence-corrected chi connectivity index (χ0v) is 9.73. The summed E-state index contributed by atoms with van der Waals surface area (Å²) in [6, 6.07) is 0.600. The highest BCUT2D eigenvalue weighted by Crippen LogP contribution is 2.16. The van der Waals surface area contributed by atoms with E-state index in [2.05, 4.69) is 10.1 Å². The maximum absolute atomic E-state index is 11.1. The molecule has 0 bridgehead atoms. The van der Waals surface area contributed by atoms with E-state index in [-0.39, 0.29) is 11.9 Å². The molecule has 0 aliphatic carbocycles. The second-order valence-corrected chi connectivity index (χ2v) is 4.94. The van der Waals surface area contributed by atoms with Crippen LogP contribution in [-0.4, -0.2) is 37.2 Å². The Morgan fingerprint density at radius 2 is 2.21 bits per heavy atom. The van der Waals surface area contributed by atoms with Gasteiger partial charge in [0.05, 0.1) is 13.0 Å². The molecule has 1 heterocycles. The lowest BCUT2D eigenvalue weighted by molar-refractivity contribution is -0.144. The van der Waals surface area contributed by atoms with Crippen LogP contribution in [0.2, 0.25) is 0 Å². The van der Waals surface area contributed by atoms with E-state index in [1.54, 1.807) is 0 Å². The number of esters is 1. The number of carbonyl (C=O) groups excluding carboxylic acids is 1. The molecule has 0 radical (unpaired) electrons. The van der Waals surface area contributed by atoms with E-state index in [1.165, 1.54) is 31.5 Å². The van der Waals surface area contributed by atoms with Crippen LogP contribution in [0.1, 0.15) is 19.8 Å². The molecule has 1 rings (SSSR count). The molecule has 4 heteroatoms. The van der Waals surface area contributed by atoms with E-state index in [0.717, 1.165) is 6.54 Å². The Hall–Kier alpha value is -0.220. The van der Waals surface area contributed by atoms with Crippen molar-refractivity contribution < 1.29 is 9.53 Å². The second kappa shape index (κ2) is 6.30. The number of thioether (sulfide) groups is 1. The lowest BCUT2D eigenvalue weighted by Gasteiger charge is -2.23. The molecule has 0 saturated carbocycles. The number of hydrogen-bond acceptors (Lipinski definition) is 4. The molecule has 1 saturated heterocycles. The zero-order valence-electron chi connectivity index (χ0n) is 8.91. The number of nitrogens with one attached hydrogen (secondary N) is 1. The fourth-order valence-electron chi connectivity index (χ4n) is 1.53. The average Bonchev–Trinajstić information content (AvgIpc) is 2.26. The monoisotopic (exact) mass is 217 g/mol. The van der Waals surface area contributed by atoms with Gasteiger partial charge in [-0.2, -0.15) is 11.8 Å². The molecule has 0 aromatic heterocycles. The number of carbonyl (C=O) groups is 1. The Morgan fingerprint density at radius 1 is 1.57 bits per heavy atom. The summed E-state index contributed by atoms with van der Waals surface area (Å²) in [7, 11) is 1.44. The molecule has 82 valence electrons. The van der Waals surface area contributed by atoms with Gasteiger partial charge >= 0.3 is 5.97 Å². The third-order valence-electron chi connectivity index (χ3n) is 2.54. The minimum atomic E-state index is -0.123. The van der Waals surface area contributed by atoms with Crippen molar-refractivity contribution in [2.75, 3.05) is 25.2 Å². The number of rotatable bonds is 4. The maximum atomic E-state index is 11.1. The van der Waals surface area contributed by atoms with Gasteiger partial charge in [-0.3, -0.25) is 4.79 Å². The highest BCUT2D eigenvalue weighted by molar-refractivity contribution is 7.99. The van der Waals surface area contributed by atoms with Crippen molar-refractivity contribution in [2.24, 2.45) is 5.92 Å². The predicted octanol–water partition coefficient (Wildman–Crippen LogP) is 1.28. The van der Waals surface area contributed by atoms with Crippen molar-refractivity contribution in [3.63, 3.8) is 0 Å². The van der Waals surface area contributed by atoms with Crippen LogP contribution in [0.3, 0.4) is 0 Å². The largest absolute Gasteiger partial charge is 0.469 e. The first-order valence-electron chi connectivity index (χ1n) is 5.13. The van der Waals surface area contributed by atoms with Gasteiger partial charge in [0.1, 0.15) is 0 Å². The summed E-state index contributed by atoms with van der Waals surface area (Å²) in [6.45, 7) is 2.64. The average molecular weight is 217 g/mol. The van der Waals surface area contributed by atoms with Crippen LogP contribution in [0, 0.1) is 5.92 Å². The Kier molecular flexibility index (Phi) is 5.33. The van der Waals surface area contributed by atoms with Crippen molar-refractivity contribution in [3.8, 4) is 0 Å². The molecule has 14 heavy (non-hydrogen) atoms. The lowest BCUT2D eigenvalue weighted by Crippen LogP contribution is -2.37. The smallest absolute Gasteiger partial charge is 0.309 e. The van der Waals surface area contributed by atoms with E-state index in [0.29, 0.717) is 6.04 Å². The zero-order chi connectivity index (χ0) is 10.4. The molecule has 0 aromatic rings. The molecule has 1 aliphatic heterocycles. The standard InChI is InChI=1S/C10H19NO2S/c1-8(10(12)13-2)7-11-9-3-5-14-6-4-9/h8-9,11H,3-7H2,1-2H3. The molecule has 1 aliphatic rings. The van der Waals surface area contributed by atoms with E-state index >= 15 is 0 Å². The van der Waals surface area contributed by atoms with Crippen LogP contribution >= 0.6 is 11.8 Å². The van der Waals surface area contributed by atoms with Crippen molar-refractivity contribution in [1.29, 1.82) is 0 Å². The summed E-state index contributed by atoms with van der Waals surface area (Å²) >= 11 is 2.01. The molecule has 3 nitrogen and oxygen atoms in total. The van der Waals surface area contributed by atoms with Gasteiger partial charge in [-0.15, -0.1) is 0 Å². The van der Waals surface area contributed by atoms with Crippen LogP contribution in [0.4, 0.5) is 0 Å². The number of methoxy groups -OCH3 is 1. The molecule has 1 atom stereocenters. The van der Waals surface area contributed by atoms with E-state index in [4.69, 9.17) is 0 Å². The van der Waals surface area contributed by atoms with Gasteiger partial charge < -0.3 is 10.1 Å². The highest BCUT2D eigenvalue weighted by Gasteiger charge is 2.17. The fraction of sp³-hybridized carbons (Fsp3) is 0.900. The minimum absolute atomic E-state index is 0.0328. The van der Waals surface area contributed by atoms with Crippen LogP contribution in [0.5, 0.6) is 0 Å². The highest BCUT2D eigenvalue weighted by atomic mass is 32.2. The Morgan fingerprint density at radius 3 is 2.79 bits per heavy atom. The van der Waals surface area contributed by atoms with Gasteiger partial charge in [0.2, 0.25) is 0 Å². The van der Waals surface area contributed by atoms with Gasteiger partial charge in [-0.05, 0) is 24.3 Å². The van der Waals surface area contributed by atoms with E-state index < -0.39 is 0 Å². The topological polar surface area (TPSA) is 38.3 Å². The third kappa shape index (κ3) is 3.88. The van der Waals surface area contributed by atoms with Gasteiger partial charge in [0, 0.05) is 12.6 Å².